The van der Waals surface area contributed by atoms with Gasteiger partial charge in [0, 0.05) is 11.2 Å². The highest BCUT2D eigenvalue weighted by Gasteiger charge is 2.29. The average Bonchev–Trinajstić information content (AvgIpc) is 2.94. The van der Waals surface area contributed by atoms with Crippen LogP contribution in [0.3, 0.4) is 0 Å². The minimum Gasteiger partial charge on any atom is -0.440 e. The Bertz CT molecular complexity index is 866. The van der Waals surface area contributed by atoms with Crippen LogP contribution in [0.5, 0.6) is 6.08 Å². The van der Waals surface area contributed by atoms with E-state index in [4.69, 9.17) is 9.15 Å². The van der Waals surface area contributed by atoms with Crippen LogP contribution in [0.25, 0.3) is 11.1 Å². The summed E-state index contributed by atoms with van der Waals surface area (Å²) < 4.78 is 24.4. The molecule has 0 spiro atoms. The topological polar surface area (TPSA) is 55.6 Å². The molecule has 1 aromatic heterocycles. The molecule has 0 saturated heterocycles. The molecule has 0 saturated carbocycles. The third kappa shape index (κ3) is 3.79. The Kier molecular flexibility index (Phi) is 4.44. The lowest BCUT2D eigenvalue weighted by Gasteiger charge is -2.35. The molecule has 0 aliphatic heterocycles. The number of carbonyl (C=O) groups excluding carboxylic acids is 1. The molecule has 2 aromatic carbocycles. The van der Waals surface area contributed by atoms with Crippen molar-refractivity contribution in [1.82, 2.24) is 4.98 Å². The molecule has 3 rings (SSSR count). The number of benzene rings is 2. The second-order valence-electron chi connectivity index (χ2n) is 6.62. The van der Waals surface area contributed by atoms with E-state index in [0.717, 1.165) is 0 Å². The molecule has 3 aromatic rings. The molecule has 0 N–H and O–H groups in total. The fourth-order valence-electron chi connectivity index (χ4n) is 2.62. The number of hydrogen-bond acceptors (Lipinski definition) is 4. The Morgan fingerprint density at radius 2 is 1.96 bits per heavy atom. The largest absolute Gasteiger partial charge is 0.440 e. The summed E-state index contributed by atoms with van der Waals surface area (Å²) in [6, 6.07) is 13.1. The summed E-state index contributed by atoms with van der Waals surface area (Å²) >= 11 is 0. The quantitative estimate of drug-likeness (QED) is 0.714. The molecule has 0 atom stereocenters. The Morgan fingerprint density at radius 3 is 2.64 bits per heavy atom. The molecule has 0 bridgehead atoms. The molecule has 5 nitrogen and oxygen atoms in total. The fourth-order valence-corrected chi connectivity index (χ4v) is 2.62. The third-order valence-electron chi connectivity index (χ3n) is 3.58. The third-order valence-corrected chi connectivity index (χ3v) is 3.58. The molecule has 0 radical (unpaired) electrons. The van der Waals surface area contributed by atoms with Crippen LogP contribution < -0.4 is 9.64 Å². The van der Waals surface area contributed by atoms with Gasteiger partial charge in [0.2, 0.25) is 0 Å². The zero-order valence-electron chi connectivity index (χ0n) is 14.3. The highest BCUT2D eigenvalue weighted by atomic mass is 19.1. The summed E-state index contributed by atoms with van der Waals surface area (Å²) in [4.78, 5) is 18.4. The lowest BCUT2D eigenvalue weighted by Crippen LogP contribution is -2.48. The Labute approximate surface area is 145 Å². The highest BCUT2D eigenvalue weighted by molar-refractivity contribution is 5.95. The first-order valence-electron chi connectivity index (χ1n) is 7.91. The number of rotatable bonds is 4. The summed E-state index contributed by atoms with van der Waals surface area (Å²) in [5.74, 6) is -0.722. The summed E-state index contributed by atoms with van der Waals surface area (Å²) in [6.45, 7) is 5.35. The van der Waals surface area contributed by atoms with Gasteiger partial charge in [-0.05, 0) is 51.1 Å². The monoisotopic (exact) mass is 342 g/mol. The number of ether oxygens (including phenoxy) is 1. The fraction of sp³-hybridized carbons (Fsp3) is 0.263. The first-order chi connectivity index (χ1) is 11.8. The van der Waals surface area contributed by atoms with Gasteiger partial charge in [-0.1, -0.05) is 18.2 Å². The van der Waals surface area contributed by atoms with Crippen molar-refractivity contribution in [3.63, 3.8) is 0 Å². The van der Waals surface area contributed by atoms with Gasteiger partial charge in [0.05, 0.1) is 0 Å². The van der Waals surface area contributed by atoms with Crippen molar-refractivity contribution in [2.24, 2.45) is 0 Å². The maximum absolute atomic E-state index is 13.6. The zero-order chi connectivity index (χ0) is 18.0. The normalized spacial score (nSPS) is 11.5. The Morgan fingerprint density at radius 1 is 1.20 bits per heavy atom. The first kappa shape index (κ1) is 17.0. The van der Waals surface area contributed by atoms with Gasteiger partial charge in [-0.25, -0.2) is 4.39 Å². The average molecular weight is 342 g/mol. The van der Waals surface area contributed by atoms with Crippen LogP contribution in [0, 0.1) is 5.82 Å². The summed E-state index contributed by atoms with van der Waals surface area (Å²) in [5.41, 5.74) is 1.17. The van der Waals surface area contributed by atoms with Crippen LogP contribution in [-0.4, -0.2) is 23.0 Å². The number of anilines is 1. The molecule has 1 heterocycles. The van der Waals surface area contributed by atoms with E-state index >= 15 is 0 Å². The number of para-hydroxylation sites is 2. The van der Waals surface area contributed by atoms with E-state index in [1.54, 1.807) is 24.3 Å². The lowest BCUT2D eigenvalue weighted by molar-refractivity contribution is -0.121. The second kappa shape index (κ2) is 6.55. The van der Waals surface area contributed by atoms with Gasteiger partial charge >= 0.3 is 6.08 Å². The van der Waals surface area contributed by atoms with E-state index in [-0.39, 0.29) is 18.6 Å². The predicted octanol–water partition coefficient (Wildman–Crippen LogP) is 4.18. The summed E-state index contributed by atoms with van der Waals surface area (Å²) in [6.07, 6.45) is 0.0302. The van der Waals surface area contributed by atoms with Gasteiger partial charge in [0.25, 0.3) is 5.91 Å². The van der Waals surface area contributed by atoms with E-state index in [0.29, 0.717) is 16.8 Å². The van der Waals surface area contributed by atoms with Crippen molar-refractivity contribution >= 4 is 22.7 Å². The maximum Gasteiger partial charge on any atom is 0.395 e. The van der Waals surface area contributed by atoms with Crippen molar-refractivity contribution in [2.75, 3.05) is 11.5 Å². The van der Waals surface area contributed by atoms with Crippen LogP contribution in [0.2, 0.25) is 0 Å². The summed E-state index contributed by atoms with van der Waals surface area (Å²) in [5, 5.41) is 0. The van der Waals surface area contributed by atoms with Crippen molar-refractivity contribution in [1.29, 1.82) is 0 Å². The highest BCUT2D eigenvalue weighted by Crippen LogP contribution is 2.25. The van der Waals surface area contributed by atoms with Gasteiger partial charge in [0.1, 0.15) is 11.3 Å². The SMILES string of the molecule is CC(C)(C)N(C(=O)COc1nc2ccccc2o1)c1cccc(F)c1. The smallest absolute Gasteiger partial charge is 0.395 e. The second-order valence-corrected chi connectivity index (χ2v) is 6.62. The van der Waals surface area contributed by atoms with E-state index in [1.165, 1.54) is 17.0 Å². The van der Waals surface area contributed by atoms with Crippen molar-refractivity contribution in [3.05, 3.63) is 54.3 Å². The molecule has 130 valence electrons. The Hall–Kier alpha value is -2.89. The molecule has 0 aliphatic carbocycles. The minimum atomic E-state index is -0.546. The lowest BCUT2D eigenvalue weighted by atomic mass is 10.0. The minimum absolute atomic E-state index is 0.0302. The number of amides is 1. The molecule has 6 heteroatoms. The molecule has 25 heavy (non-hydrogen) atoms. The van der Waals surface area contributed by atoms with Gasteiger partial charge in [-0.3, -0.25) is 4.79 Å². The number of carbonyl (C=O) groups is 1. The molecule has 0 fully saturated rings. The number of fused-ring (bicyclic) bond motifs is 1. The van der Waals surface area contributed by atoms with Crippen LogP contribution in [0.4, 0.5) is 10.1 Å². The molecular formula is C19H19FN2O3. The standard InChI is InChI=1S/C19H19FN2O3/c1-19(2,3)22(14-8-6-7-13(20)11-14)17(23)12-24-18-21-15-9-4-5-10-16(15)25-18/h4-11H,12H2,1-3H3. The Balaban J connectivity index is 1.78. The van der Waals surface area contributed by atoms with Gasteiger partial charge < -0.3 is 14.1 Å². The molecule has 0 aliphatic rings. The van der Waals surface area contributed by atoms with Crippen molar-refractivity contribution < 1.29 is 18.3 Å². The number of halogens is 1. The molecular weight excluding hydrogens is 323 g/mol. The van der Waals surface area contributed by atoms with Crippen LogP contribution in [0.1, 0.15) is 20.8 Å². The van der Waals surface area contributed by atoms with Crippen molar-refractivity contribution in [3.8, 4) is 6.08 Å². The van der Waals surface area contributed by atoms with Gasteiger partial charge in [0.15, 0.2) is 12.2 Å². The summed E-state index contributed by atoms with van der Waals surface area (Å²) in [7, 11) is 0. The van der Waals surface area contributed by atoms with Crippen LogP contribution >= 0.6 is 0 Å². The molecule has 0 unspecified atom stereocenters. The van der Waals surface area contributed by atoms with E-state index in [9.17, 15) is 9.18 Å². The first-order valence-corrected chi connectivity index (χ1v) is 7.91. The van der Waals surface area contributed by atoms with Crippen LogP contribution in [0.15, 0.2) is 52.9 Å². The molecule has 1 amide bonds. The number of hydrogen-bond donors (Lipinski definition) is 0. The number of oxazole rings is 1. The van der Waals surface area contributed by atoms with Crippen LogP contribution in [-0.2, 0) is 4.79 Å². The number of nitrogens with zero attached hydrogens (tertiary/aromatic N) is 2. The van der Waals surface area contributed by atoms with E-state index in [1.807, 2.05) is 32.9 Å². The van der Waals surface area contributed by atoms with Gasteiger partial charge in [-0.15, -0.1) is 0 Å². The number of aromatic nitrogens is 1. The maximum atomic E-state index is 13.6. The van der Waals surface area contributed by atoms with Crippen molar-refractivity contribution in [2.45, 2.75) is 26.3 Å². The van der Waals surface area contributed by atoms with E-state index < -0.39 is 11.4 Å². The van der Waals surface area contributed by atoms with Gasteiger partial charge in [-0.2, -0.15) is 4.98 Å². The zero-order valence-corrected chi connectivity index (χ0v) is 14.3. The van der Waals surface area contributed by atoms with E-state index in [2.05, 4.69) is 4.98 Å². The predicted molar refractivity (Wildman–Crippen MR) is 93.1 cm³/mol.